The Kier molecular flexibility index (Phi) is 0.979. The van der Waals surface area contributed by atoms with Gasteiger partial charge in [-0.3, -0.25) is 0 Å². The minimum Gasteiger partial charge on any atom is -0.312 e. The molecule has 0 unspecified atom stereocenters. The minimum absolute atomic E-state index is 0.947. The van der Waals surface area contributed by atoms with E-state index in [2.05, 4.69) is 15.2 Å². The molecule has 0 saturated carbocycles. The van der Waals surface area contributed by atoms with Gasteiger partial charge in [0.15, 0.2) is 0 Å². The van der Waals surface area contributed by atoms with E-state index in [0.29, 0.717) is 0 Å². The van der Waals surface area contributed by atoms with Gasteiger partial charge >= 0.3 is 6.21 Å². The van der Waals surface area contributed by atoms with E-state index < -0.39 is 0 Å². The van der Waals surface area contributed by atoms with Crippen molar-refractivity contribution in [2.24, 2.45) is 5.11 Å². The third-order valence-corrected chi connectivity index (χ3v) is 1.62. The van der Waals surface area contributed by atoms with Gasteiger partial charge < -0.3 is 5.32 Å². The summed E-state index contributed by atoms with van der Waals surface area (Å²) in [5.41, 5.74) is 2.44. The average Bonchev–Trinajstić information content (AvgIpc) is 2.33. The van der Waals surface area contributed by atoms with Gasteiger partial charge in [-0.05, 0) is 0 Å². The first-order valence-electron chi connectivity index (χ1n) is 3.13. The topological polar surface area (TPSA) is 38.5 Å². The third-order valence-electron chi connectivity index (χ3n) is 1.62. The van der Waals surface area contributed by atoms with Gasteiger partial charge in [0, 0.05) is 19.5 Å². The van der Waals surface area contributed by atoms with Gasteiger partial charge in [0.05, 0.1) is 10.4 Å². The SMILES string of the molecule is C1=[N+]=NC2=C1CNCC2. The molecule has 2 aliphatic heterocycles. The summed E-state index contributed by atoms with van der Waals surface area (Å²) in [6.07, 6.45) is 2.87. The van der Waals surface area contributed by atoms with Crippen molar-refractivity contribution in [3.05, 3.63) is 11.3 Å². The van der Waals surface area contributed by atoms with Crippen molar-refractivity contribution in [3.63, 3.8) is 0 Å². The maximum absolute atomic E-state index is 3.97. The molecule has 2 aliphatic rings. The van der Waals surface area contributed by atoms with Crippen molar-refractivity contribution < 1.29 is 4.79 Å². The maximum atomic E-state index is 3.97. The van der Waals surface area contributed by atoms with Gasteiger partial charge in [-0.2, -0.15) is 0 Å². The summed E-state index contributed by atoms with van der Waals surface area (Å²) in [5, 5.41) is 7.21. The fourth-order valence-corrected chi connectivity index (χ4v) is 1.10. The normalized spacial score (nSPS) is 23.1. The number of nitrogens with one attached hydrogen (secondary N) is 1. The summed E-state index contributed by atoms with van der Waals surface area (Å²) in [5.74, 6) is 0. The van der Waals surface area contributed by atoms with Gasteiger partial charge in [0.25, 0.3) is 0 Å². The Hall–Kier alpha value is -0.920. The molecule has 46 valence electrons. The zero-order valence-corrected chi connectivity index (χ0v) is 5.09. The maximum Gasteiger partial charge on any atom is 0.337 e. The Morgan fingerprint density at radius 2 is 2.67 bits per heavy atom. The summed E-state index contributed by atoms with van der Waals surface area (Å²) in [7, 11) is 0. The first kappa shape index (κ1) is 4.91. The lowest BCUT2D eigenvalue weighted by Gasteiger charge is -2.06. The summed E-state index contributed by atoms with van der Waals surface area (Å²) in [6, 6.07) is 0. The van der Waals surface area contributed by atoms with Crippen molar-refractivity contribution >= 4 is 6.21 Å². The van der Waals surface area contributed by atoms with E-state index >= 15 is 0 Å². The van der Waals surface area contributed by atoms with Crippen molar-refractivity contribution in [2.75, 3.05) is 13.1 Å². The molecule has 0 radical (unpaired) electrons. The molecule has 2 rings (SSSR count). The molecule has 0 spiro atoms. The molecule has 3 heteroatoms. The van der Waals surface area contributed by atoms with E-state index in [0.717, 1.165) is 19.5 Å². The smallest absolute Gasteiger partial charge is 0.312 e. The number of nitrogens with zero attached hydrogens (tertiary/aromatic N) is 2. The predicted molar refractivity (Wildman–Crippen MR) is 33.3 cm³/mol. The molecule has 0 aliphatic carbocycles. The van der Waals surface area contributed by atoms with E-state index in [-0.39, 0.29) is 0 Å². The molecule has 0 aromatic carbocycles. The van der Waals surface area contributed by atoms with Crippen molar-refractivity contribution in [1.82, 2.24) is 5.32 Å². The highest BCUT2D eigenvalue weighted by molar-refractivity contribution is 5.76. The van der Waals surface area contributed by atoms with Crippen LogP contribution in [-0.4, -0.2) is 24.1 Å². The van der Waals surface area contributed by atoms with Gasteiger partial charge in [0.2, 0.25) is 0 Å². The van der Waals surface area contributed by atoms with Gasteiger partial charge in [0.1, 0.15) is 10.8 Å². The second-order valence-electron chi connectivity index (χ2n) is 2.24. The van der Waals surface area contributed by atoms with Crippen LogP contribution in [-0.2, 0) is 0 Å². The first-order chi connectivity index (χ1) is 4.47. The molecular weight excluding hydrogens is 114 g/mol. The second kappa shape index (κ2) is 1.79. The highest BCUT2D eigenvalue weighted by atomic mass is 15.1. The molecule has 0 amide bonds. The zero-order valence-electron chi connectivity index (χ0n) is 5.09. The molecule has 0 atom stereocenters. The lowest BCUT2D eigenvalue weighted by atomic mass is 10.1. The van der Waals surface area contributed by atoms with Crippen molar-refractivity contribution in [3.8, 4) is 0 Å². The van der Waals surface area contributed by atoms with Crippen molar-refractivity contribution in [2.45, 2.75) is 6.42 Å². The number of hydrogen-bond acceptors (Lipinski definition) is 2. The highest BCUT2D eigenvalue weighted by Crippen LogP contribution is 2.13. The van der Waals surface area contributed by atoms with Crippen LogP contribution in [0.1, 0.15) is 6.42 Å². The van der Waals surface area contributed by atoms with Gasteiger partial charge in [-0.1, -0.05) is 0 Å². The quantitative estimate of drug-likeness (QED) is 0.450. The van der Waals surface area contributed by atoms with Crippen LogP contribution in [0.15, 0.2) is 16.4 Å². The molecule has 0 fully saturated rings. The van der Waals surface area contributed by atoms with E-state index in [1.165, 1.54) is 11.3 Å². The van der Waals surface area contributed by atoms with Crippen LogP contribution in [0, 0.1) is 0 Å². The van der Waals surface area contributed by atoms with Crippen LogP contribution in [0.25, 0.3) is 0 Å². The second-order valence-corrected chi connectivity index (χ2v) is 2.24. The lowest BCUT2D eigenvalue weighted by Crippen LogP contribution is -2.24. The van der Waals surface area contributed by atoms with Gasteiger partial charge in [-0.25, -0.2) is 0 Å². The Labute approximate surface area is 53.2 Å². The fraction of sp³-hybridized carbons (Fsp3) is 0.500. The first-order valence-corrected chi connectivity index (χ1v) is 3.13. The standard InChI is InChI=1S/C6H8N3/c1-2-7-3-5-4-8-9-6(1)5/h4,7H,1-3H2/q+1. The molecule has 0 aromatic rings. The molecule has 1 N–H and O–H groups in total. The Morgan fingerprint density at radius 3 is 3.56 bits per heavy atom. The van der Waals surface area contributed by atoms with Gasteiger partial charge in [-0.15, -0.1) is 0 Å². The van der Waals surface area contributed by atoms with Crippen LogP contribution in [0.5, 0.6) is 0 Å². The molecule has 0 saturated heterocycles. The van der Waals surface area contributed by atoms with Crippen LogP contribution >= 0.6 is 0 Å². The Balaban J connectivity index is 2.32. The number of hydrogen-bond donors (Lipinski definition) is 1. The van der Waals surface area contributed by atoms with Crippen molar-refractivity contribution in [1.29, 1.82) is 0 Å². The molecule has 0 bridgehead atoms. The summed E-state index contributed by atoms with van der Waals surface area (Å²) in [4.78, 5) is 3.81. The molecule has 9 heavy (non-hydrogen) atoms. The zero-order chi connectivity index (χ0) is 6.10. The van der Waals surface area contributed by atoms with E-state index in [9.17, 15) is 0 Å². The van der Waals surface area contributed by atoms with Crippen LogP contribution in [0.2, 0.25) is 0 Å². The Bertz CT molecular complexity index is 200. The summed E-state index contributed by atoms with van der Waals surface area (Å²) < 4.78 is 0. The average molecular weight is 122 g/mol. The van der Waals surface area contributed by atoms with Crippen LogP contribution < -0.4 is 5.32 Å². The van der Waals surface area contributed by atoms with E-state index in [4.69, 9.17) is 0 Å². The van der Waals surface area contributed by atoms with E-state index in [1.807, 2.05) is 6.21 Å². The molecule has 0 aromatic heterocycles. The van der Waals surface area contributed by atoms with E-state index in [1.54, 1.807) is 0 Å². The summed E-state index contributed by atoms with van der Waals surface area (Å²) in [6.45, 7) is 1.99. The molecule has 2 heterocycles. The largest absolute Gasteiger partial charge is 0.337 e. The highest BCUT2D eigenvalue weighted by Gasteiger charge is 2.20. The molecule has 3 nitrogen and oxygen atoms in total. The Morgan fingerprint density at radius 1 is 1.67 bits per heavy atom. The summed E-state index contributed by atoms with van der Waals surface area (Å²) >= 11 is 0. The lowest BCUT2D eigenvalue weighted by molar-refractivity contribution is -0.0690. The minimum atomic E-state index is 0.947. The number of rotatable bonds is 0. The monoisotopic (exact) mass is 122 g/mol. The van der Waals surface area contributed by atoms with Crippen LogP contribution in [0.4, 0.5) is 0 Å². The fourth-order valence-electron chi connectivity index (χ4n) is 1.10. The predicted octanol–water partition coefficient (Wildman–Crippen LogP) is -0.0214. The van der Waals surface area contributed by atoms with Crippen LogP contribution in [0.3, 0.4) is 0 Å². The third kappa shape index (κ3) is 0.707. The molecular formula is C6H8N3+.